The summed E-state index contributed by atoms with van der Waals surface area (Å²) in [5.41, 5.74) is 3.55. The second-order valence-corrected chi connectivity index (χ2v) is 4.36. The van der Waals surface area contributed by atoms with Gasteiger partial charge in [-0.2, -0.15) is 0 Å². The number of aromatic nitrogens is 2. The number of anilines is 1. The van der Waals surface area contributed by atoms with Gasteiger partial charge in [0.15, 0.2) is 17.5 Å². The summed E-state index contributed by atoms with van der Waals surface area (Å²) in [5, 5.41) is 2.75. The van der Waals surface area contributed by atoms with Crippen LogP contribution in [0.15, 0.2) is 18.2 Å². The fourth-order valence-corrected chi connectivity index (χ4v) is 1.91. The highest BCUT2D eigenvalue weighted by molar-refractivity contribution is 5.62. The highest BCUT2D eigenvalue weighted by Gasteiger charge is 2.12. The molecule has 0 atom stereocenters. The molecule has 0 fully saturated rings. The van der Waals surface area contributed by atoms with E-state index in [4.69, 9.17) is 0 Å². The second-order valence-electron chi connectivity index (χ2n) is 4.36. The van der Waals surface area contributed by atoms with E-state index in [2.05, 4.69) is 21.4 Å². The largest absolute Gasteiger partial charge is 0.371 e. The first-order valence-electron chi connectivity index (χ1n) is 5.82. The quantitative estimate of drug-likeness (QED) is 0.882. The lowest BCUT2D eigenvalue weighted by atomic mass is 10.1. The molecule has 2 aromatic rings. The second kappa shape index (κ2) is 4.72. The van der Waals surface area contributed by atoms with Crippen molar-refractivity contribution in [3.05, 3.63) is 40.8 Å². The molecule has 0 bridgehead atoms. The zero-order valence-corrected chi connectivity index (χ0v) is 11.0. The average Bonchev–Trinajstić information content (AvgIpc) is 2.32. The molecule has 4 heteroatoms. The van der Waals surface area contributed by atoms with Gasteiger partial charge < -0.3 is 5.32 Å². The van der Waals surface area contributed by atoms with Crippen LogP contribution in [0.5, 0.6) is 0 Å². The molecule has 0 saturated carbocycles. The first-order chi connectivity index (χ1) is 8.52. The Labute approximate surface area is 106 Å². The summed E-state index contributed by atoms with van der Waals surface area (Å²) < 4.78 is 13.7. The lowest BCUT2D eigenvalue weighted by Crippen LogP contribution is -2.04. The predicted molar refractivity (Wildman–Crippen MR) is 71.2 cm³/mol. The lowest BCUT2D eigenvalue weighted by Gasteiger charge is -2.09. The smallest absolute Gasteiger partial charge is 0.186 e. The SMILES string of the molecule is CNc1nc(-c2ccc(C)cc2C)nc(C)c1F. The summed E-state index contributed by atoms with van der Waals surface area (Å²) in [6, 6.07) is 6.04. The Balaban J connectivity index is 2.60. The molecule has 0 radical (unpaired) electrons. The Morgan fingerprint density at radius 2 is 1.83 bits per heavy atom. The molecule has 1 aromatic carbocycles. The van der Waals surface area contributed by atoms with Gasteiger partial charge in [-0.05, 0) is 26.3 Å². The van der Waals surface area contributed by atoms with Gasteiger partial charge in [0, 0.05) is 12.6 Å². The predicted octanol–water partition coefficient (Wildman–Crippen LogP) is 3.25. The molecular formula is C14H16FN3. The number of hydrogen-bond donors (Lipinski definition) is 1. The highest BCUT2D eigenvalue weighted by atomic mass is 19.1. The van der Waals surface area contributed by atoms with E-state index in [1.165, 1.54) is 5.56 Å². The molecule has 0 unspecified atom stereocenters. The van der Waals surface area contributed by atoms with E-state index < -0.39 is 5.82 Å². The van der Waals surface area contributed by atoms with Crippen LogP contribution in [0.25, 0.3) is 11.4 Å². The molecule has 0 amide bonds. The van der Waals surface area contributed by atoms with Crippen LogP contribution in [0.1, 0.15) is 16.8 Å². The third-order valence-corrected chi connectivity index (χ3v) is 2.88. The van der Waals surface area contributed by atoms with E-state index in [0.29, 0.717) is 11.5 Å². The highest BCUT2D eigenvalue weighted by Crippen LogP contribution is 2.24. The Morgan fingerprint density at radius 1 is 1.11 bits per heavy atom. The van der Waals surface area contributed by atoms with Gasteiger partial charge in [0.05, 0.1) is 5.69 Å². The summed E-state index contributed by atoms with van der Waals surface area (Å²) in [5.74, 6) is 0.388. The number of nitrogens with zero attached hydrogens (tertiary/aromatic N) is 2. The molecule has 0 aliphatic rings. The van der Waals surface area contributed by atoms with Crippen molar-refractivity contribution in [3.8, 4) is 11.4 Å². The molecule has 0 spiro atoms. The number of rotatable bonds is 2. The van der Waals surface area contributed by atoms with Gasteiger partial charge in [0.2, 0.25) is 0 Å². The topological polar surface area (TPSA) is 37.8 Å². The zero-order valence-electron chi connectivity index (χ0n) is 11.0. The van der Waals surface area contributed by atoms with Crippen LogP contribution in [0.4, 0.5) is 10.2 Å². The fraction of sp³-hybridized carbons (Fsp3) is 0.286. The summed E-state index contributed by atoms with van der Waals surface area (Å²) in [6.07, 6.45) is 0. The van der Waals surface area contributed by atoms with Crippen molar-refractivity contribution in [3.63, 3.8) is 0 Å². The molecule has 18 heavy (non-hydrogen) atoms. The van der Waals surface area contributed by atoms with Crippen LogP contribution in [-0.2, 0) is 0 Å². The van der Waals surface area contributed by atoms with Crippen LogP contribution in [0.2, 0.25) is 0 Å². The molecular weight excluding hydrogens is 229 g/mol. The van der Waals surface area contributed by atoms with Crippen molar-refractivity contribution < 1.29 is 4.39 Å². The zero-order chi connectivity index (χ0) is 13.3. The minimum atomic E-state index is -0.397. The molecule has 2 rings (SSSR count). The number of aryl methyl sites for hydroxylation is 3. The molecule has 0 aliphatic carbocycles. The molecule has 0 aliphatic heterocycles. The third kappa shape index (κ3) is 2.18. The Kier molecular flexibility index (Phi) is 3.28. The number of benzene rings is 1. The molecule has 3 nitrogen and oxygen atoms in total. The van der Waals surface area contributed by atoms with E-state index in [1.807, 2.05) is 26.0 Å². The van der Waals surface area contributed by atoms with Crippen LogP contribution >= 0.6 is 0 Å². The standard InChI is InChI=1S/C14H16FN3/c1-8-5-6-11(9(2)7-8)13-17-10(3)12(15)14(16-4)18-13/h5-7H,1-4H3,(H,16,17,18). The van der Waals surface area contributed by atoms with Gasteiger partial charge in [0.25, 0.3) is 0 Å². The normalized spacial score (nSPS) is 10.5. The van der Waals surface area contributed by atoms with Gasteiger partial charge >= 0.3 is 0 Å². The van der Waals surface area contributed by atoms with Crippen LogP contribution < -0.4 is 5.32 Å². The van der Waals surface area contributed by atoms with Crippen LogP contribution in [-0.4, -0.2) is 17.0 Å². The number of halogens is 1. The fourth-order valence-electron chi connectivity index (χ4n) is 1.91. The van der Waals surface area contributed by atoms with E-state index in [-0.39, 0.29) is 5.82 Å². The molecule has 1 N–H and O–H groups in total. The van der Waals surface area contributed by atoms with Gasteiger partial charge in [-0.1, -0.05) is 23.8 Å². The van der Waals surface area contributed by atoms with Crippen molar-refractivity contribution in [2.45, 2.75) is 20.8 Å². The van der Waals surface area contributed by atoms with Gasteiger partial charge in [-0.3, -0.25) is 0 Å². The maximum atomic E-state index is 13.7. The van der Waals surface area contributed by atoms with Gasteiger partial charge in [-0.25, -0.2) is 14.4 Å². The number of hydrogen-bond acceptors (Lipinski definition) is 3. The maximum Gasteiger partial charge on any atom is 0.186 e. The minimum absolute atomic E-state index is 0.234. The van der Waals surface area contributed by atoms with Crippen molar-refractivity contribution in [1.82, 2.24) is 9.97 Å². The van der Waals surface area contributed by atoms with E-state index >= 15 is 0 Å². The average molecular weight is 245 g/mol. The maximum absolute atomic E-state index is 13.7. The van der Waals surface area contributed by atoms with E-state index in [1.54, 1.807) is 14.0 Å². The Morgan fingerprint density at radius 3 is 2.44 bits per heavy atom. The first-order valence-corrected chi connectivity index (χ1v) is 5.82. The summed E-state index contributed by atoms with van der Waals surface area (Å²) >= 11 is 0. The molecule has 0 saturated heterocycles. The molecule has 1 heterocycles. The van der Waals surface area contributed by atoms with Crippen molar-refractivity contribution >= 4 is 5.82 Å². The van der Waals surface area contributed by atoms with Gasteiger partial charge in [-0.15, -0.1) is 0 Å². The summed E-state index contributed by atoms with van der Waals surface area (Å²) in [6.45, 7) is 5.68. The van der Waals surface area contributed by atoms with E-state index in [0.717, 1.165) is 11.1 Å². The van der Waals surface area contributed by atoms with Crippen molar-refractivity contribution in [2.24, 2.45) is 0 Å². The molecule has 1 aromatic heterocycles. The monoisotopic (exact) mass is 245 g/mol. The Bertz CT molecular complexity index is 594. The van der Waals surface area contributed by atoms with Gasteiger partial charge in [0.1, 0.15) is 0 Å². The van der Waals surface area contributed by atoms with Crippen LogP contribution in [0, 0.1) is 26.6 Å². The Hall–Kier alpha value is -1.97. The lowest BCUT2D eigenvalue weighted by molar-refractivity contribution is 0.607. The van der Waals surface area contributed by atoms with Crippen molar-refractivity contribution in [1.29, 1.82) is 0 Å². The summed E-state index contributed by atoms with van der Waals surface area (Å²) in [4.78, 5) is 8.43. The third-order valence-electron chi connectivity index (χ3n) is 2.88. The minimum Gasteiger partial charge on any atom is -0.371 e. The van der Waals surface area contributed by atoms with Crippen molar-refractivity contribution in [2.75, 3.05) is 12.4 Å². The summed E-state index contributed by atoms with van der Waals surface area (Å²) in [7, 11) is 1.65. The van der Waals surface area contributed by atoms with E-state index in [9.17, 15) is 4.39 Å². The molecule has 94 valence electrons. The van der Waals surface area contributed by atoms with Crippen LogP contribution in [0.3, 0.4) is 0 Å². The number of nitrogens with one attached hydrogen (secondary N) is 1. The first kappa shape index (κ1) is 12.5.